The Balaban J connectivity index is 2.21. The van der Waals surface area contributed by atoms with Crippen LogP contribution in [0, 0.1) is 11.8 Å². The van der Waals surface area contributed by atoms with E-state index in [4.69, 9.17) is 0 Å². The van der Waals surface area contributed by atoms with Gasteiger partial charge in [-0.05, 0) is 45.7 Å². The lowest BCUT2D eigenvalue weighted by molar-refractivity contribution is 0.228. The summed E-state index contributed by atoms with van der Waals surface area (Å²) in [5, 5.41) is 3.52. The van der Waals surface area contributed by atoms with Crippen molar-refractivity contribution in [2.45, 2.75) is 39.7 Å². The fraction of sp³-hybridized carbons (Fsp3) is 1.00. The number of hydrogen-bond donors (Lipinski definition) is 1. The van der Waals surface area contributed by atoms with Crippen molar-refractivity contribution in [3.8, 4) is 0 Å². The highest BCUT2D eigenvalue weighted by Gasteiger charge is 2.33. The van der Waals surface area contributed by atoms with E-state index in [1.54, 1.807) is 0 Å². The van der Waals surface area contributed by atoms with E-state index in [9.17, 15) is 0 Å². The first-order valence-corrected chi connectivity index (χ1v) is 5.88. The van der Waals surface area contributed by atoms with E-state index in [0.717, 1.165) is 24.9 Å². The Labute approximate surface area is 89.1 Å². The Morgan fingerprint density at radius 2 is 2.00 bits per heavy atom. The summed E-state index contributed by atoms with van der Waals surface area (Å²) in [6, 6.07) is 0. The zero-order chi connectivity index (χ0) is 10.8. The number of hydrogen-bond acceptors (Lipinski definition) is 2. The molecule has 1 fully saturated rings. The van der Waals surface area contributed by atoms with Gasteiger partial charge in [-0.15, -0.1) is 0 Å². The number of nitrogens with one attached hydrogen (secondary N) is 1. The Bertz CT molecular complexity index is 177. The van der Waals surface area contributed by atoms with Gasteiger partial charge in [-0.1, -0.05) is 13.8 Å². The van der Waals surface area contributed by atoms with Crippen molar-refractivity contribution in [3.63, 3.8) is 0 Å². The molecule has 0 bridgehead atoms. The van der Waals surface area contributed by atoms with Gasteiger partial charge in [0.05, 0.1) is 0 Å². The predicted molar refractivity (Wildman–Crippen MR) is 62.5 cm³/mol. The molecule has 2 atom stereocenters. The fourth-order valence-corrected chi connectivity index (χ4v) is 2.33. The van der Waals surface area contributed by atoms with Crippen LogP contribution in [-0.2, 0) is 0 Å². The van der Waals surface area contributed by atoms with Crippen molar-refractivity contribution in [2.24, 2.45) is 11.8 Å². The van der Waals surface area contributed by atoms with E-state index >= 15 is 0 Å². The second-order valence-electron chi connectivity index (χ2n) is 5.58. The zero-order valence-corrected chi connectivity index (χ0v) is 10.4. The van der Waals surface area contributed by atoms with Gasteiger partial charge in [0.25, 0.3) is 0 Å². The van der Waals surface area contributed by atoms with Gasteiger partial charge in [0.2, 0.25) is 0 Å². The molecule has 1 aliphatic carbocycles. The summed E-state index contributed by atoms with van der Waals surface area (Å²) in [5.74, 6) is 1.94. The lowest BCUT2D eigenvalue weighted by Crippen LogP contribution is -2.48. The van der Waals surface area contributed by atoms with Gasteiger partial charge in [-0.25, -0.2) is 0 Å². The first-order chi connectivity index (χ1) is 6.44. The molecule has 2 nitrogen and oxygen atoms in total. The third kappa shape index (κ3) is 3.97. The maximum absolute atomic E-state index is 3.52. The minimum Gasteiger partial charge on any atom is -0.311 e. The van der Waals surface area contributed by atoms with E-state index < -0.39 is 0 Å². The Morgan fingerprint density at radius 3 is 2.43 bits per heavy atom. The standard InChI is InChI=1S/C12H26N2/c1-6-13-12(3,4)9-14(5)8-11-7-10(11)2/h10-11,13H,6-9H2,1-5H3. The Morgan fingerprint density at radius 1 is 1.43 bits per heavy atom. The van der Waals surface area contributed by atoms with Crippen LogP contribution in [0.25, 0.3) is 0 Å². The molecule has 0 aromatic carbocycles. The molecule has 1 aliphatic rings. The van der Waals surface area contributed by atoms with Crippen LogP contribution in [0.4, 0.5) is 0 Å². The molecule has 0 spiro atoms. The van der Waals surface area contributed by atoms with Crippen LogP contribution in [0.1, 0.15) is 34.1 Å². The van der Waals surface area contributed by atoms with Gasteiger partial charge in [0.15, 0.2) is 0 Å². The molecule has 1 rings (SSSR count). The Hall–Kier alpha value is -0.0800. The zero-order valence-electron chi connectivity index (χ0n) is 10.4. The maximum atomic E-state index is 3.52. The van der Waals surface area contributed by atoms with Crippen LogP contribution < -0.4 is 5.32 Å². The van der Waals surface area contributed by atoms with Crippen molar-refractivity contribution in [1.29, 1.82) is 0 Å². The predicted octanol–water partition coefficient (Wildman–Crippen LogP) is 1.96. The first-order valence-electron chi connectivity index (χ1n) is 5.88. The minimum atomic E-state index is 0.252. The fourth-order valence-electron chi connectivity index (χ4n) is 2.33. The van der Waals surface area contributed by atoms with Crippen molar-refractivity contribution in [3.05, 3.63) is 0 Å². The molecule has 0 aliphatic heterocycles. The molecular weight excluding hydrogens is 172 g/mol. The quantitative estimate of drug-likeness (QED) is 0.702. The molecule has 1 N–H and O–H groups in total. The monoisotopic (exact) mass is 198 g/mol. The molecule has 84 valence electrons. The lowest BCUT2D eigenvalue weighted by Gasteiger charge is -2.31. The van der Waals surface area contributed by atoms with Crippen LogP contribution in [-0.4, -0.2) is 37.1 Å². The van der Waals surface area contributed by atoms with E-state index in [1.807, 2.05) is 0 Å². The second-order valence-corrected chi connectivity index (χ2v) is 5.58. The smallest absolute Gasteiger partial charge is 0.0251 e. The SMILES string of the molecule is CCNC(C)(C)CN(C)CC1CC1C. The summed E-state index contributed by atoms with van der Waals surface area (Å²) >= 11 is 0. The van der Waals surface area contributed by atoms with Gasteiger partial charge in [0, 0.05) is 18.6 Å². The molecule has 0 saturated heterocycles. The first kappa shape index (κ1) is 12.0. The van der Waals surface area contributed by atoms with Crippen molar-refractivity contribution in [1.82, 2.24) is 10.2 Å². The topological polar surface area (TPSA) is 15.3 Å². The number of nitrogens with zero attached hydrogens (tertiary/aromatic N) is 1. The normalized spacial score (nSPS) is 27.0. The second kappa shape index (κ2) is 4.63. The molecule has 0 aromatic rings. The lowest BCUT2D eigenvalue weighted by atomic mass is 10.1. The third-order valence-corrected chi connectivity index (χ3v) is 3.14. The highest BCUT2D eigenvalue weighted by atomic mass is 15.1. The van der Waals surface area contributed by atoms with E-state index in [0.29, 0.717) is 0 Å². The summed E-state index contributed by atoms with van der Waals surface area (Å²) in [4.78, 5) is 2.47. The van der Waals surface area contributed by atoms with Crippen LogP contribution in [0.2, 0.25) is 0 Å². The summed E-state index contributed by atoms with van der Waals surface area (Å²) in [5.41, 5.74) is 0.252. The van der Waals surface area contributed by atoms with Gasteiger partial charge < -0.3 is 10.2 Å². The van der Waals surface area contributed by atoms with E-state index in [1.165, 1.54) is 13.0 Å². The summed E-state index contributed by atoms with van der Waals surface area (Å²) < 4.78 is 0. The van der Waals surface area contributed by atoms with Crippen molar-refractivity contribution < 1.29 is 0 Å². The molecule has 0 radical (unpaired) electrons. The number of likely N-dealkylation sites (N-methyl/N-ethyl adjacent to an activating group) is 2. The molecule has 1 saturated carbocycles. The summed E-state index contributed by atoms with van der Waals surface area (Å²) in [6.07, 6.45) is 1.44. The minimum absolute atomic E-state index is 0.252. The third-order valence-electron chi connectivity index (χ3n) is 3.14. The maximum Gasteiger partial charge on any atom is 0.0251 e. The molecule has 14 heavy (non-hydrogen) atoms. The van der Waals surface area contributed by atoms with Crippen molar-refractivity contribution in [2.75, 3.05) is 26.7 Å². The molecule has 2 unspecified atom stereocenters. The van der Waals surface area contributed by atoms with Gasteiger partial charge in [-0.2, -0.15) is 0 Å². The largest absolute Gasteiger partial charge is 0.311 e. The summed E-state index contributed by atoms with van der Waals surface area (Å²) in [7, 11) is 2.24. The molecule has 0 amide bonds. The Kier molecular flexibility index (Phi) is 3.96. The van der Waals surface area contributed by atoms with Crippen LogP contribution in [0.15, 0.2) is 0 Å². The molecular formula is C12H26N2. The molecule has 0 aromatic heterocycles. The highest BCUT2D eigenvalue weighted by molar-refractivity contribution is 4.87. The van der Waals surface area contributed by atoms with Crippen LogP contribution in [0.5, 0.6) is 0 Å². The average molecular weight is 198 g/mol. The van der Waals surface area contributed by atoms with Crippen molar-refractivity contribution >= 4 is 0 Å². The van der Waals surface area contributed by atoms with Crippen LogP contribution >= 0.6 is 0 Å². The van der Waals surface area contributed by atoms with Crippen LogP contribution in [0.3, 0.4) is 0 Å². The van der Waals surface area contributed by atoms with E-state index in [-0.39, 0.29) is 5.54 Å². The number of rotatable bonds is 6. The molecule has 2 heteroatoms. The average Bonchev–Trinajstić information content (AvgIpc) is 2.63. The molecule has 0 heterocycles. The van der Waals surface area contributed by atoms with E-state index in [2.05, 4.69) is 45.0 Å². The highest BCUT2D eigenvalue weighted by Crippen LogP contribution is 2.38. The summed E-state index contributed by atoms with van der Waals surface area (Å²) in [6.45, 7) is 12.6. The van der Waals surface area contributed by atoms with Gasteiger partial charge >= 0.3 is 0 Å². The van der Waals surface area contributed by atoms with Gasteiger partial charge in [-0.3, -0.25) is 0 Å². The van der Waals surface area contributed by atoms with Gasteiger partial charge in [0.1, 0.15) is 0 Å².